The van der Waals surface area contributed by atoms with Crippen molar-refractivity contribution in [2.75, 3.05) is 0 Å². The maximum Gasteiger partial charge on any atom is 1.00 e. The molecule has 0 aliphatic heterocycles. The third kappa shape index (κ3) is 4.34. The molecule has 0 aliphatic rings. The van der Waals surface area contributed by atoms with E-state index in [0.29, 0.717) is 17.1 Å². The molecule has 0 radical (unpaired) electrons. The molecule has 0 N–H and O–H groups in total. The number of thiazole rings is 1. The number of carbonyl (C=O) groups excluding carboxylic acids is 1. The van der Waals surface area contributed by atoms with Crippen LogP contribution in [0.15, 0.2) is 48.5 Å². The summed E-state index contributed by atoms with van der Waals surface area (Å²) in [5, 5.41) is 12.2. The number of aryl methyl sites for hydroxylation is 3. The fourth-order valence-electron chi connectivity index (χ4n) is 4.10. The van der Waals surface area contributed by atoms with Crippen molar-refractivity contribution in [1.82, 2.24) is 19.5 Å². The Kier molecular flexibility index (Phi) is 6.68. The van der Waals surface area contributed by atoms with Gasteiger partial charge in [0.25, 0.3) is 0 Å². The van der Waals surface area contributed by atoms with Crippen molar-refractivity contribution in [2.24, 2.45) is 0 Å². The monoisotopic (exact) mass is 464 g/mol. The minimum Gasteiger partial charge on any atom is -0.545 e. The number of hydrogen-bond donors (Lipinski definition) is 0. The Morgan fingerprint density at radius 1 is 1.06 bits per heavy atom. The van der Waals surface area contributed by atoms with Crippen molar-refractivity contribution in [1.29, 1.82) is 0 Å². The number of carbonyl (C=O) groups is 1. The molecule has 5 aromatic rings. The zero-order chi connectivity index (χ0) is 22.4. The Bertz CT molecular complexity index is 1510. The summed E-state index contributed by atoms with van der Waals surface area (Å²) in [7, 11) is 0. The van der Waals surface area contributed by atoms with Gasteiger partial charge in [-0.3, -0.25) is 0 Å². The number of carboxylic acid groups (broad SMARTS) is 1. The van der Waals surface area contributed by atoms with E-state index >= 15 is 0 Å². The van der Waals surface area contributed by atoms with Crippen molar-refractivity contribution in [3.8, 4) is 10.6 Å². The van der Waals surface area contributed by atoms with Gasteiger partial charge in [-0.05, 0) is 43.2 Å². The Hall–Kier alpha value is -2.58. The van der Waals surface area contributed by atoms with Crippen LogP contribution >= 0.6 is 11.3 Å². The van der Waals surface area contributed by atoms with E-state index in [2.05, 4.69) is 36.6 Å². The Morgan fingerprint density at radius 3 is 2.61 bits per heavy atom. The van der Waals surface area contributed by atoms with E-state index < -0.39 is 5.97 Å². The number of rotatable bonds is 5. The normalized spacial score (nSPS) is 11.1. The molecular weight excluding hydrogens is 443 g/mol. The van der Waals surface area contributed by atoms with Crippen LogP contribution in [0.1, 0.15) is 39.9 Å². The molecule has 0 bridgehead atoms. The van der Waals surface area contributed by atoms with Crippen LogP contribution in [-0.2, 0) is 13.0 Å². The molecule has 0 saturated carbocycles. The van der Waals surface area contributed by atoms with Crippen molar-refractivity contribution in [3.05, 3.63) is 76.7 Å². The largest absolute Gasteiger partial charge is 1.00 e. The van der Waals surface area contributed by atoms with Crippen LogP contribution in [0.3, 0.4) is 0 Å². The second-order valence-electron chi connectivity index (χ2n) is 7.87. The maximum absolute atomic E-state index is 11.5. The number of hydrogen-bond acceptors (Lipinski definition) is 6. The Morgan fingerprint density at radius 2 is 1.85 bits per heavy atom. The number of aromatic carboxylic acids is 1. The summed E-state index contributed by atoms with van der Waals surface area (Å²) < 4.78 is 3.18. The molecule has 6 nitrogen and oxygen atoms in total. The van der Waals surface area contributed by atoms with Crippen LogP contribution < -0.4 is 34.7 Å². The van der Waals surface area contributed by atoms with Crippen molar-refractivity contribution >= 4 is 38.7 Å². The summed E-state index contributed by atoms with van der Waals surface area (Å²) >= 11 is 1.48. The molecular formula is C25H21N4NaO2S. The van der Waals surface area contributed by atoms with E-state index in [1.807, 2.05) is 19.1 Å². The van der Waals surface area contributed by atoms with Crippen LogP contribution in [0, 0.1) is 13.8 Å². The van der Waals surface area contributed by atoms with Gasteiger partial charge in [0.05, 0.1) is 22.7 Å². The van der Waals surface area contributed by atoms with Gasteiger partial charge in [-0.2, -0.15) is 0 Å². The minimum atomic E-state index is -1.20. The standard InChI is InChI=1S/C25H22N4O2S.Na/c1-4-21-28-22-14(2)11-15(3)26-23(22)29(21)13-16-9-10-20-19(12-16)27-24(32-20)17-7-5-6-8-18(17)25(30)31;/h5-12H,4,13H2,1-3H3,(H,30,31);/q;+1/p-1. The van der Waals surface area contributed by atoms with Crippen LogP contribution in [-0.4, -0.2) is 25.5 Å². The molecule has 33 heavy (non-hydrogen) atoms. The topological polar surface area (TPSA) is 83.7 Å². The molecule has 0 atom stereocenters. The molecule has 0 amide bonds. The van der Waals surface area contributed by atoms with Crippen molar-refractivity contribution in [2.45, 2.75) is 33.7 Å². The van der Waals surface area contributed by atoms with Gasteiger partial charge in [0, 0.05) is 23.2 Å². The van der Waals surface area contributed by atoms with E-state index in [1.165, 1.54) is 11.3 Å². The van der Waals surface area contributed by atoms with Crippen molar-refractivity contribution in [3.63, 3.8) is 0 Å². The summed E-state index contributed by atoms with van der Waals surface area (Å²) in [5.74, 6) is -0.194. The number of aromatic nitrogens is 4. The first-order chi connectivity index (χ1) is 15.4. The zero-order valence-electron chi connectivity index (χ0n) is 19.0. The summed E-state index contributed by atoms with van der Waals surface area (Å²) in [6.45, 7) is 6.82. The van der Waals surface area contributed by atoms with Gasteiger partial charge in [-0.25, -0.2) is 15.0 Å². The SMILES string of the molecule is CCc1nc2c(C)cc(C)nc2n1Cc1ccc2sc(-c3ccccc3C(=O)[O-])nc2c1.[Na+]. The first-order valence-corrected chi connectivity index (χ1v) is 11.3. The van der Waals surface area contributed by atoms with Crippen LogP contribution in [0.2, 0.25) is 0 Å². The summed E-state index contributed by atoms with van der Waals surface area (Å²) in [5.41, 5.74) is 6.64. The molecule has 3 heterocycles. The molecule has 0 unspecified atom stereocenters. The number of imidazole rings is 1. The van der Waals surface area contributed by atoms with Gasteiger partial charge in [0.2, 0.25) is 0 Å². The second-order valence-corrected chi connectivity index (χ2v) is 8.91. The van der Waals surface area contributed by atoms with Gasteiger partial charge in [0.1, 0.15) is 16.3 Å². The smallest absolute Gasteiger partial charge is 0.545 e. The van der Waals surface area contributed by atoms with Crippen LogP contribution in [0.4, 0.5) is 0 Å². The average Bonchev–Trinajstić information content (AvgIpc) is 3.35. The number of pyridine rings is 1. The van der Waals surface area contributed by atoms with E-state index in [9.17, 15) is 9.90 Å². The summed E-state index contributed by atoms with van der Waals surface area (Å²) in [4.78, 5) is 25.8. The Balaban J connectivity index is 0.00000259. The average molecular weight is 465 g/mol. The third-order valence-electron chi connectivity index (χ3n) is 5.59. The molecule has 3 aromatic heterocycles. The van der Waals surface area contributed by atoms with Crippen LogP contribution in [0.5, 0.6) is 0 Å². The summed E-state index contributed by atoms with van der Waals surface area (Å²) in [6, 6.07) is 15.1. The molecule has 160 valence electrons. The quantitative estimate of drug-likeness (QED) is 0.366. The Labute approximate surface area is 217 Å². The van der Waals surface area contributed by atoms with Gasteiger partial charge in [-0.15, -0.1) is 11.3 Å². The third-order valence-corrected chi connectivity index (χ3v) is 6.66. The van der Waals surface area contributed by atoms with E-state index in [4.69, 9.17) is 15.0 Å². The molecule has 0 spiro atoms. The van der Waals surface area contributed by atoms with Crippen molar-refractivity contribution < 1.29 is 39.5 Å². The molecule has 0 saturated heterocycles. The number of fused-ring (bicyclic) bond motifs is 2. The van der Waals surface area contributed by atoms with E-state index in [-0.39, 0.29) is 35.1 Å². The minimum absolute atomic E-state index is 0. The maximum atomic E-state index is 11.5. The van der Waals surface area contributed by atoms with E-state index in [0.717, 1.165) is 50.4 Å². The molecule has 5 rings (SSSR count). The number of carboxylic acids is 1. The van der Waals surface area contributed by atoms with Gasteiger partial charge >= 0.3 is 29.6 Å². The fourth-order valence-corrected chi connectivity index (χ4v) is 5.09. The number of nitrogens with zero attached hydrogens (tertiary/aromatic N) is 4. The molecule has 0 aliphatic carbocycles. The van der Waals surface area contributed by atoms with E-state index in [1.54, 1.807) is 18.2 Å². The zero-order valence-corrected chi connectivity index (χ0v) is 21.9. The van der Waals surface area contributed by atoms with Gasteiger partial charge in [-0.1, -0.05) is 37.3 Å². The molecule has 0 fully saturated rings. The van der Waals surface area contributed by atoms with Gasteiger partial charge in [0.15, 0.2) is 5.65 Å². The first kappa shape index (κ1) is 23.6. The fraction of sp³-hybridized carbons (Fsp3) is 0.200. The predicted molar refractivity (Wildman–Crippen MR) is 125 cm³/mol. The van der Waals surface area contributed by atoms with Crippen LogP contribution in [0.25, 0.3) is 32.0 Å². The first-order valence-electron chi connectivity index (χ1n) is 10.5. The van der Waals surface area contributed by atoms with Gasteiger partial charge < -0.3 is 14.5 Å². The number of benzene rings is 2. The molecule has 2 aromatic carbocycles. The molecule has 8 heteroatoms. The predicted octanol–water partition coefficient (Wildman–Crippen LogP) is 1.30. The second kappa shape index (κ2) is 9.35. The summed E-state index contributed by atoms with van der Waals surface area (Å²) in [6.07, 6.45) is 0.817.